The van der Waals surface area contributed by atoms with Gasteiger partial charge in [0.25, 0.3) is 5.91 Å². The minimum absolute atomic E-state index is 0.181. The first-order valence-electron chi connectivity index (χ1n) is 9.32. The quantitative estimate of drug-likeness (QED) is 0.393. The highest BCUT2D eigenvalue weighted by molar-refractivity contribution is 6.02. The predicted molar refractivity (Wildman–Crippen MR) is 116 cm³/mol. The Hall–Kier alpha value is -4.07. The third-order valence-corrected chi connectivity index (χ3v) is 4.08. The molecule has 0 saturated heterocycles. The number of fused-ring (bicyclic) bond motifs is 1. The molecule has 0 spiro atoms. The van der Waals surface area contributed by atoms with Crippen LogP contribution in [0.3, 0.4) is 0 Å². The Labute approximate surface area is 173 Å². The van der Waals surface area contributed by atoms with Gasteiger partial charge >= 0.3 is 6.03 Å². The largest absolute Gasteiger partial charge is 0.490 e. The van der Waals surface area contributed by atoms with Crippen molar-refractivity contribution in [1.82, 2.24) is 5.43 Å². The van der Waals surface area contributed by atoms with Crippen LogP contribution in [0, 0.1) is 0 Å². The Morgan fingerprint density at radius 3 is 2.63 bits per heavy atom. The summed E-state index contributed by atoms with van der Waals surface area (Å²) in [6, 6.07) is 17.8. The fourth-order valence-electron chi connectivity index (χ4n) is 2.83. The molecule has 0 aromatic heterocycles. The molecule has 0 fully saturated rings. The van der Waals surface area contributed by atoms with Crippen molar-refractivity contribution >= 4 is 34.6 Å². The maximum absolute atomic E-state index is 12.4. The van der Waals surface area contributed by atoms with Crippen molar-refractivity contribution in [3.05, 3.63) is 66.2 Å². The Kier molecular flexibility index (Phi) is 6.83. The summed E-state index contributed by atoms with van der Waals surface area (Å²) in [5.41, 5.74) is 8.47. The molecule has 3 aromatic carbocycles. The molecule has 4 N–H and O–H groups in total. The first-order chi connectivity index (χ1) is 14.6. The molecule has 3 rings (SSSR count). The van der Waals surface area contributed by atoms with E-state index in [1.54, 1.807) is 18.2 Å². The molecule has 0 radical (unpaired) electrons. The first-order valence-corrected chi connectivity index (χ1v) is 9.32. The highest BCUT2D eigenvalue weighted by Gasteiger charge is 2.10. The van der Waals surface area contributed by atoms with E-state index in [-0.39, 0.29) is 12.5 Å². The predicted octanol–water partition coefficient (Wildman–Crippen LogP) is 3.26. The molecule has 0 aliphatic heterocycles. The number of carbonyl (C=O) groups excluding carboxylic acids is 2. The average molecular weight is 406 g/mol. The lowest BCUT2D eigenvalue weighted by molar-refractivity contribution is -0.118. The van der Waals surface area contributed by atoms with Gasteiger partial charge in [-0.05, 0) is 42.1 Å². The fourth-order valence-corrected chi connectivity index (χ4v) is 2.83. The standard InChI is InChI=1S/C22H22N4O4/c1-2-29-20-12-15(13-24-26-22(23)28)10-11-19(20)30-14-21(27)25-18-9-5-7-16-6-3-4-8-17(16)18/h3-13H,2,14H2,1H3,(H,25,27)(H3,23,26,28). The summed E-state index contributed by atoms with van der Waals surface area (Å²) in [6.07, 6.45) is 1.42. The number of hydrogen-bond acceptors (Lipinski definition) is 5. The lowest BCUT2D eigenvalue weighted by Crippen LogP contribution is -2.24. The molecule has 0 aliphatic carbocycles. The number of benzene rings is 3. The van der Waals surface area contributed by atoms with E-state index in [4.69, 9.17) is 15.2 Å². The number of urea groups is 1. The van der Waals surface area contributed by atoms with Crippen molar-refractivity contribution in [2.75, 3.05) is 18.5 Å². The summed E-state index contributed by atoms with van der Waals surface area (Å²) >= 11 is 0. The highest BCUT2D eigenvalue weighted by Crippen LogP contribution is 2.28. The van der Waals surface area contributed by atoms with Gasteiger partial charge in [0, 0.05) is 11.1 Å². The van der Waals surface area contributed by atoms with Gasteiger partial charge in [-0.1, -0.05) is 36.4 Å². The van der Waals surface area contributed by atoms with E-state index in [0.717, 1.165) is 16.5 Å². The van der Waals surface area contributed by atoms with Crippen molar-refractivity contribution in [3.8, 4) is 11.5 Å². The third-order valence-electron chi connectivity index (χ3n) is 4.08. The molecule has 3 aromatic rings. The van der Waals surface area contributed by atoms with E-state index < -0.39 is 6.03 Å². The molecule has 8 nitrogen and oxygen atoms in total. The molecule has 0 bridgehead atoms. The third kappa shape index (κ3) is 5.48. The van der Waals surface area contributed by atoms with Crippen LogP contribution >= 0.6 is 0 Å². The number of primary amides is 1. The van der Waals surface area contributed by atoms with Crippen LogP contribution in [-0.2, 0) is 4.79 Å². The number of hydrogen-bond donors (Lipinski definition) is 3. The van der Waals surface area contributed by atoms with Crippen LogP contribution in [0.4, 0.5) is 10.5 Å². The van der Waals surface area contributed by atoms with Crippen LogP contribution in [-0.4, -0.2) is 31.4 Å². The molecule has 0 aliphatic rings. The van der Waals surface area contributed by atoms with Gasteiger partial charge in [-0.15, -0.1) is 0 Å². The topological polar surface area (TPSA) is 115 Å². The van der Waals surface area contributed by atoms with Crippen LogP contribution in [0.2, 0.25) is 0 Å². The van der Waals surface area contributed by atoms with Crippen LogP contribution < -0.4 is 25.9 Å². The number of ether oxygens (including phenoxy) is 2. The van der Waals surface area contributed by atoms with E-state index in [1.165, 1.54) is 6.21 Å². The van der Waals surface area contributed by atoms with Crippen LogP contribution in [0.25, 0.3) is 10.8 Å². The van der Waals surface area contributed by atoms with E-state index in [2.05, 4.69) is 15.8 Å². The molecule has 0 atom stereocenters. The number of rotatable bonds is 8. The summed E-state index contributed by atoms with van der Waals surface area (Å²) in [5, 5.41) is 8.58. The van der Waals surface area contributed by atoms with Gasteiger partial charge in [-0.25, -0.2) is 10.2 Å². The van der Waals surface area contributed by atoms with Crippen molar-refractivity contribution in [3.63, 3.8) is 0 Å². The Morgan fingerprint density at radius 1 is 1.03 bits per heavy atom. The van der Waals surface area contributed by atoms with E-state index in [0.29, 0.717) is 23.7 Å². The minimum Gasteiger partial charge on any atom is -0.490 e. The van der Waals surface area contributed by atoms with Crippen molar-refractivity contribution < 1.29 is 19.1 Å². The van der Waals surface area contributed by atoms with Crippen LogP contribution in [0.5, 0.6) is 11.5 Å². The maximum atomic E-state index is 12.4. The second-order valence-electron chi connectivity index (χ2n) is 6.24. The second kappa shape index (κ2) is 9.92. The molecule has 3 amide bonds. The molecule has 8 heteroatoms. The minimum atomic E-state index is -0.756. The monoisotopic (exact) mass is 406 g/mol. The van der Waals surface area contributed by atoms with Gasteiger partial charge in [0.1, 0.15) is 0 Å². The van der Waals surface area contributed by atoms with E-state index in [1.807, 2.05) is 49.4 Å². The summed E-state index contributed by atoms with van der Waals surface area (Å²) in [6.45, 7) is 2.07. The Morgan fingerprint density at radius 2 is 1.83 bits per heavy atom. The summed E-state index contributed by atoms with van der Waals surface area (Å²) < 4.78 is 11.2. The lowest BCUT2D eigenvalue weighted by Gasteiger charge is -2.13. The summed E-state index contributed by atoms with van der Waals surface area (Å²) in [5.74, 6) is 0.591. The van der Waals surface area contributed by atoms with Gasteiger partial charge in [0.15, 0.2) is 18.1 Å². The van der Waals surface area contributed by atoms with Gasteiger partial charge in [-0.3, -0.25) is 4.79 Å². The average Bonchev–Trinajstić information content (AvgIpc) is 2.73. The van der Waals surface area contributed by atoms with Gasteiger partial charge < -0.3 is 20.5 Å². The number of hydrazone groups is 1. The second-order valence-corrected chi connectivity index (χ2v) is 6.24. The lowest BCUT2D eigenvalue weighted by atomic mass is 10.1. The molecule has 0 heterocycles. The highest BCUT2D eigenvalue weighted by atomic mass is 16.5. The SMILES string of the molecule is CCOc1cc(C=NNC(N)=O)ccc1OCC(=O)Nc1cccc2ccccc12. The molecule has 30 heavy (non-hydrogen) atoms. The molecule has 154 valence electrons. The first kappa shape index (κ1) is 20.7. The summed E-state index contributed by atoms with van der Waals surface area (Å²) in [4.78, 5) is 23.1. The fraction of sp³-hybridized carbons (Fsp3) is 0.136. The zero-order valence-corrected chi connectivity index (χ0v) is 16.4. The maximum Gasteiger partial charge on any atom is 0.332 e. The van der Waals surface area contributed by atoms with Crippen LogP contribution in [0.1, 0.15) is 12.5 Å². The Balaban J connectivity index is 1.67. The van der Waals surface area contributed by atoms with E-state index in [9.17, 15) is 9.59 Å². The molecule has 0 unspecified atom stereocenters. The van der Waals surface area contributed by atoms with Gasteiger partial charge in [0.2, 0.25) is 0 Å². The number of nitrogens with zero attached hydrogens (tertiary/aromatic N) is 1. The normalized spacial score (nSPS) is 10.7. The number of amides is 3. The van der Waals surface area contributed by atoms with E-state index >= 15 is 0 Å². The van der Waals surface area contributed by atoms with Crippen molar-refractivity contribution in [2.24, 2.45) is 10.8 Å². The smallest absolute Gasteiger partial charge is 0.332 e. The zero-order valence-electron chi connectivity index (χ0n) is 16.4. The molecular formula is C22H22N4O4. The molecular weight excluding hydrogens is 384 g/mol. The van der Waals surface area contributed by atoms with Crippen LogP contribution in [0.15, 0.2) is 65.8 Å². The van der Waals surface area contributed by atoms with Crippen molar-refractivity contribution in [1.29, 1.82) is 0 Å². The number of anilines is 1. The number of nitrogens with two attached hydrogens (primary N) is 1. The number of nitrogens with one attached hydrogen (secondary N) is 2. The van der Waals surface area contributed by atoms with Crippen molar-refractivity contribution in [2.45, 2.75) is 6.92 Å². The zero-order chi connectivity index (χ0) is 21.3. The van der Waals surface area contributed by atoms with Gasteiger partial charge in [-0.2, -0.15) is 5.10 Å². The summed E-state index contributed by atoms with van der Waals surface area (Å²) in [7, 11) is 0. The van der Waals surface area contributed by atoms with Gasteiger partial charge in [0.05, 0.1) is 12.8 Å². The Bertz CT molecular complexity index is 1080. The molecule has 0 saturated carbocycles. The number of carbonyl (C=O) groups is 2.